The van der Waals surface area contributed by atoms with Crippen molar-refractivity contribution in [3.05, 3.63) is 52.5 Å². The summed E-state index contributed by atoms with van der Waals surface area (Å²) in [6, 6.07) is 11.8. The minimum atomic E-state index is 0.725. The number of nitrogens with one attached hydrogen (secondary N) is 1. The van der Waals surface area contributed by atoms with E-state index in [1.807, 2.05) is 50.2 Å². The highest BCUT2D eigenvalue weighted by Gasteiger charge is 2.05. The van der Waals surface area contributed by atoms with Crippen LogP contribution in [0, 0.1) is 13.8 Å². The van der Waals surface area contributed by atoms with Gasteiger partial charge in [-0.25, -0.2) is 0 Å². The van der Waals surface area contributed by atoms with Gasteiger partial charge in [-0.3, -0.25) is 0 Å². The van der Waals surface area contributed by atoms with Crippen LogP contribution in [-0.4, -0.2) is 0 Å². The minimum Gasteiger partial charge on any atom is -0.397 e. The lowest BCUT2D eigenvalue weighted by atomic mass is 10.1. The number of hydrogen-bond donors (Lipinski definition) is 2. The van der Waals surface area contributed by atoms with Crippen LogP contribution in [0.2, 0.25) is 5.02 Å². The molecule has 0 aliphatic rings. The molecule has 88 valence electrons. The third-order valence-corrected chi connectivity index (χ3v) is 3.17. The molecule has 2 aromatic rings. The third-order valence-electron chi connectivity index (χ3n) is 2.67. The summed E-state index contributed by atoms with van der Waals surface area (Å²) >= 11 is 6.22. The van der Waals surface area contributed by atoms with Crippen LogP contribution in [0.25, 0.3) is 0 Å². The zero-order chi connectivity index (χ0) is 12.4. The topological polar surface area (TPSA) is 38.0 Å². The Morgan fingerprint density at radius 1 is 1.06 bits per heavy atom. The standard InChI is InChI=1S/C14H15ClN2/c1-9-6-7-12(11(16)8-9)17-13-5-3-4-10(2)14(13)15/h3-8,17H,16H2,1-2H3. The summed E-state index contributed by atoms with van der Waals surface area (Å²) in [7, 11) is 0. The van der Waals surface area contributed by atoms with E-state index in [1.165, 1.54) is 0 Å². The maximum Gasteiger partial charge on any atom is 0.0670 e. The van der Waals surface area contributed by atoms with Gasteiger partial charge in [0.1, 0.15) is 0 Å². The van der Waals surface area contributed by atoms with E-state index in [2.05, 4.69) is 5.32 Å². The SMILES string of the molecule is Cc1ccc(Nc2cccc(C)c2Cl)c(N)c1. The summed E-state index contributed by atoms with van der Waals surface area (Å²) in [5, 5.41) is 3.98. The van der Waals surface area contributed by atoms with Crippen LogP contribution < -0.4 is 11.1 Å². The van der Waals surface area contributed by atoms with Gasteiger partial charge in [-0.1, -0.05) is 29.8 Å². The van der Waals surface area contributed by atoms with Gasteiger partial charge >= 0.3 is 0 Å². The second-order valence-electron chi connectivity index (χ2n) is 4.15. The lowest BCUT2D eigenvalue weighted by Gasteiger charge is -2.12. The van der Waals surface area contributed by atoms with E-state index in [0.29, 0.717) is 0 Å². The lowest BCUT2D eigenvalue weighted by Crippen LogP contribution is -1.97. The van der Waals surface area contributed by atoms with E-state index >= 15 is 0 Å². The van der Waals surface area contributed by atoms with E-state index in [1.54, 1.807) is 0 Å². The van der Waals surface area contributed by atoms with Crippen LogP contribution in [0.3, 0.4) is 0 Å². The molecule has 3 heteroatoms. The summed E-state index contributed by atoms with van der Waals surface area (Å²) in [6.07, 6.45) is 0. The number of nitrogens with two attached hydrogens (primary N) is 1. The van der Waals surface area contributed by atoms with Crippen LogP contribution in [0.15, 0.2) is 36.4 Å². The molecule has 0 amide bonds. The van der Waals surface area contributed by atoms with Crippen LogP contribution in [-0.2, 0) is 0 Å². The van der Waals surface area contributed by atoms with Gasteiger partial charge in [-0.05, 0) is 43.2 Å². The predicted molar refractivity (Wildman–Crippen MR) is 75.1 cm³/mol. The van der Waals surface area contributed by atoms with Crippen molar-refractivity contribution >= 4 is 28.7 Å². The summed E-state index contributed by atoms with van der Waals surface area (Å²) in [6.45, 7) is 3.99. The van der Waals surface area contributed by atoms with E-state index in [4.69, 9.17) is 17.3 Å². The Labute approximate surface area is 106 Å². The molecule has 0 aliphatic heterocycles. The Kier molecular flexibility index (Phi) is 3.25. The first-order valence-corrected chi connectivity index (χ1v) is 5.84. The quantitative estimate of drug-likeness (QED) is 0.776. The van der Waals surface area contributed by atoms with Gasteiger partial charge in [0.15, 0.2) is 0 Å². The van der Waals surface area contributed by atoms with E-state index in [0.717, 1.165) is 33.2 Å². The Hall–Kier alpha value is -1.67. The maximum atomic E-state index is 6.22. The Balaban J connectivity index is 2.35. The third kappa shape index (κ3) is 2.53. The maximum absolute atomic E-state index is 6.22. The molecule has 0 radical (unpaired) electrons. The highest BCUT2D eigenvalue weighted by Crippen LogP contribution is 2.30. The summed E-state index contributed by atoms with van der Waals surface area (Å²) in [5.41, 5.74) is 10.6. The van der Waals surface area contributed by atoms with Gasteiger partial charge in [0, 0.05) is 0 Å². The molecule has 2 aromatic carbocycles. The van der Waals surface area contributed by atoms with Crippen LogP contribution in [0.4, 0.5) is 17.1 Å². The van der Waals surface area contributed by atoms with Crippen LogP contribution >= 0.6 is 11.6 Å². The van der Waals surface area contributed by atoms with Gasteiger partial charge in [0.25, 0.3) is 0 Å². The number of benzene rings is 2. The average Bonchev–Trinajstić information content (AvgIpc) is 2.28. The van der Waals surface area contributed by atoms with Crippen molar-refractivity contribution < 1.29 is 0 Å². The van der Waals surface area contributed by atoms with Crippen molar-refractivity contribution in [1.82, 2.24) is 0 Å². The van der Waals surface area contributed by atoms with Crippen LogP contribution in [0.1, 0.15) is 11.1 Å². The highest BCUT2D eigenvalue weighted by atomic mass is 35.5. The number of rotatable bonds is 2. The lowest BCUT2D eigenvalue weighted by molar-refractivity contribution is 1.43. The fourth-order valence-corrected chi connectivity index (χ4v) is 1.86. The molecule has 0 saturated carbocycles. The highest BCUT2D eigenvalue weighted by molar-refractivity contribution is 6.34. The first-order valence-electron chi connectivity index (χ1n) is 5.46. The van der Waals surface area contributed by atoms with Gasteiger partial charge in [-0.2, -0.15) is 0 Å². The summed E-state index contributed by atoms with van der Waals surface area (Å²) in [5.74, 6) is 0. The Morgan fingerprint density at radius 2 is 1.82 bits per heavy atom. The van der Waals surface area contributed by atoms with Crippen molar-refractivity contribution in [3.63, 3.8) is 0 Å². The van der Waals surface area contributed by atoms with Gasteiger partial charge in [0.2, 0.25) is 0 Å². The monoisotopic (exact) mass is 246 g/mol. The average molecular weight is 247 g/mol. The normalized spacial score (nSPS) is 10.3. The Morgan fingerprint density at radius 3 is 2.53 bits per heavy atom. The second kappa shape index (κ2) is 4.68. The van der Waals surface area contributed by atoms with Crippen molar-refractivity contribution in [1.29, 1.82) is 0 Å². The van der Waals surface area contributed by atoms with Gasteiger partial charge in [0.05, 0.1) is 22.1 Å². The Bertz CT molecular complexity index is 550. The number of anilines is 3. The molecule has 0 bridgehead atoms. The molecule has 0 fully saturated rings. The zero-order valence-electron chi connectivity index (χ0n) is 9.92. The second-order valence-corrected chi connectivity index (χ2v) is 4.53. The minimum absolute atomic E-state index is 0.725. The van der Waals surface area contributed by atoms with E-state index in [-0.39, 0.29) is 0 Å². The predicted octanol–water partition coefficient (Wildman–Crippen LogP) is 4.28. The fraction of sp³-hybridized carbons (Fsp3) is 0.143. The smallest absolute Gasteiger partial charge is 0.0670 e. The fourth-order valence-electron chi connectivity index (χ4n) is 1.69. The molecule has 0 atom stereocenters. The summed E-state index contributed by atoms with van der Waals surface area (Å²) < 4.78 is 0. The number of aryl methyl sites for hydroxylation is 2. The number of halogens is 1. The number of hydrogen-bond acceptors (Lipinski definition) is 2. The molecule has 0 aliphatic carbocycles. The summed E-state index contributed by atoms with van der Waals surface area (Å²) in [4.78, 5) is 0. The van der Waals surface area contributed by atoms with Gasteiger partial charge in [-0.15, -0.1) is 0 Å². The van der Waals surface area contributed by atoms with E-state index in [9.17, 15) is 0 Å². The van der Waals surface area contributed by atoms with Crippen molar-refractivity contribution in [2.75, 3.05) is 11.1 Å². The molecular weight excluding hydrogens is 232 g/mol. The van der Waals surface area contributed by atoms with Crippen molar-refractivity contribution in [2.45, 2.75) is 13.8 Å². The van der Waals surface area contributed by atoms with Gasteiger partial charge < -0.3 is 11.1 Å². The van der Waals surface area contributed by atoms with Crippen molar-refractivity contribution in [2.24, 2.45) is 0 Å². The van der Waals surface area contributed by atoms with Crippen LogP contribution in [0.5, 0.6) is 0 Å². The molecular formula is C14H15ClN2. The van der Waals surface area contributed by atoms with E-state index < -0.39 is 0 Å². The molecule has 0 heterocycles. The molecule has 17 heavy (non-hydrogen) atoms. The molecule has 2 rings (SSSR count). The first kappa shape index (κ1) is 11.8. The van der Waals surface area contributed by atoms with Crippen molar-refractivity contribution in [3.8, 4) is 0 Å². The molecule has 0 aromatic heterocycles. The molecule has 0 spiro atoms. The molecule has 3 N–H and O–H groups in total. The molecule has 0 unspecified atom stereocenters. The first-order chi connectivity index (χ1) is 8.08. The molecule has 2 nitrogen and oxygen atoms in total. The largest absolute Gasteiger partial charge is 0.397 e. The molecule has 0 saturated heterocycles. The zero-order valence-corrected chi connectivity index (χ0v) is 10.7. The number of nitrogen functional groups attached to an aromatic ring is 1.